The molecule has 0 saturated heterocycles. The fourth-order valence-corrected chi connectivity index (χ4v) is 3.41. The molecule has 1 aromatic carbocycles. The van der Waals surface area contributed by atoms with Crippen molar-refractivity contribution in [2.75, 3.05) is 13.2 Å². The van der Waals surface area contributed by atoms with Crippen molar-refractivity contribution in [3.8, 4) is 11.5 Å². The lowest BCUT2D eigenvalue weighted by Crippen LogP contribution is -2.19. The fraction of sp³-hybridized carbons (Fsp3) is 0.600. The Morgan fingerprint density at radius 2 is 1.78 bits per heavy atom. The molecule has 98 valence electrons. The molecular weight excluding hydrogens is 248 g/mol. The van der Waals surface area contributed by atoms with Gasteiger partial charge in [-0.05, 0) is 36.0 Å². The molecule has 1 aliphatic heterocycles. The molecule has 1 aliphatic carbocycles. The van der Waals surface area contributed by atoms with Crippen molar-refractivity contribution >= 4 is 11.6 Å². The van der Waals surface area contributed by atoms with Gasteiger partial charge in [0.1, 0.15) is 13.2 Å². The van der Waals surface area contributed by atoms with Crippen molar-refractivity contribution in [2.45, 2.75) is 38.0 Å². The average molecular weight is 267 g/mol. The lowest BCUT2D eigenvalue weighted by Gasteiger charge is -2.30. The average Bonchev–Trinajstić information content (AvgIpc) is 2.85. The largest absolute Gasteiger partial charge is 0.486 e. The van der Waals surface area contributed by atoms with Gasteiger partial charge < -0.3 is 9.47 Å². The molecule has 1 heterocycles. The van der Waals surface area contributed by atoms with E-state index in [9.17, 15) is 0 Å². The van der Waals surface area contributed by atoms with Crippen LogP contribution >= 0.6 is 11.6 Å². The van der Waals surface area contributed by atoms with E-state index in [2.05, 4.69) is 19.1 Å². The van der Waals surface area contributed by atoms with Crippen LogP contribution in [-0.2, 0) is 0 Å². The summed E-state index contributed by atoms with van der Waals surface area (Å²) in [7, 11) is 0. The Morgan fingerprint density at radius 3 is 2.50 bits per heavy atom. The summed E-state index contributed by atoms with van der Waals surface area (Å²) in [5.74, 6) is 1.68. The Bertz CT molecular complexity index is 438. The monoisotopic (exact) mass is 266 g/mol. The van der Waals surface area contributed by atoms with Crippen LogP contribution < -0.4 is 9.47 Å². The number of ether oxygens (including phenoxy) is 2. The van der Waals surface area contributed by atoms with Crippen LogP contribution in [0.3, 0.4) is 0 Å². The van der Waals surface area contributed by atoms with Gasteiger partial charge in [0, 0.05) is 0 Å². The summed E-state index contributed by atoms with van der Waals surface area (Å²) in [5.41, 5.74) is 1.39. The highest BCUT2D eigenvalue weighted by atomic mass is 35.5. The smallest absolute Gasteiger partial charge is 0.161 e. The van der Waals surface area contributed by atoms with Gasteiger partial charge in [0.25, 0.3) is 0 Å². The molecular formula is C15H19ClO2. The maximum Gasteiger partial charge on any atom is 0.161 e. The van der Waals surface area contributed by atoms with Gasteiger partial charge in [-0.25, -0.2) is 0 Å². The molecule has 0 bridgehead atoms. The standard InChI is InChI=1S/C15H19ClO2/c1-15(6-2-3-7-15)14(16)11-4-5-12-13(10-11)18-9-8-17-12/h4-5,10,14H,2-3,6-9H2,1H3. The molecule has 1 saturated carbocycles. The second-order valence-electron chi connectivity index (χ2n) is 5.63. The van der Waals surface area contributed by atoms with E-state index < -0.39 is 0 Å². The third-order valence-electron chi connectivity index (χ3n) is 4.22. The molecule has 0 amide bonds. The number of hydrogen-bond donors (Lipinski definition) is 0. The number of rotatable bonds is 2. The second-order valence-corrected chi connectivity index (χ2v) is 6.06. The Labute approximate surface area is 113 Å². The third-order valence-corrected chi connectivity index (χ3v) is 5.00. The Kier molecular flexibility index (Phi) is 3.14. The number of halogens is 1. The van der Waals surface area contributed by atoms with Crippen LogP contribution in [0.4, 0.5) is 0 Å². The van der Waals surface area contributed by atoms with E-state index >= 15 is 0 Å². The Balaban J connectivity index is 1.87. The van der Waals surface area contributed by atoms with Gasteiger partial charge in [0.2, 0.25) is 0 Å². The summed E-state index contributed by atoms with van der Waals surface area (Å²) in [6.07, 6.45) is 5.03. The first-order valence-corrected chi connectivity index (χ1v) is 7.16. The SMILES string of the molecule is CC1(C(Cl)c2ccc3c(c2)OCCO3)CCCC1. The first-order chi connectivity index (χ1) is 8.69. The van der Waals surface area contributed by atoms with Crippen LogP contribution in [0.15, 0.2) is 18.2 Å². The molecule has 3 heteroatoms. The molecule has 1 aromatic rings. The van der Waals surface area contributed by atoms with Crippen molar-refractivity contribution in [2.24, 2.45) is 5.41 Å². The Hall–Kier alpha value is -0.890. The van der Waals surface area contributed by atoms with Gasteiger partial charge in [-0.1, -0.05) is 25.8 Å². The molecule has 1 fully saturated rings. The third kappa shape index (κ3) is 2.07. The first kappa shape index (κ1) is 12.2. The van der Waals surface area contributed by atoms with Gasteiger partial charge in [0.15, 0.2) is 11.5 Å². The molecule has 1 atom stereocenters. The van der Waals surface area contributed by atoms with Crippen LogP contribution in [-0.4, -0.2) is 13.2 Å². The molecule has 0 aromatic heterocycles. The van der Waals surface area contributed by atoms with Crippen molar-refractivity contribution in [1.29, 1.82) is 0 Å². The first-order valence-electron chi connectivity index (χ1n) is 6.73. The normalized spacial score (nSPS) is 22.8. The maximum absolute atomic E-state index is 6.70. The number of alkyl halides is 1. The van der Waals surface area contributed by atoms with Gasteiger partial charge in [0.05, 0.1) is 5.38 Å². The van der Waals surface area contributed by atoms with Crippen LogP contribution in [0.25, 0.3) is 0 Å². The number of benzene rings is 1. The maximum atomic E-state index is 6.70. The lowest BCUT2D eigenvalue weighted by molar-refractivity contribution is 0.171. The summed E-state index contributed by atoms with van der Waals surface area (Å²) < 4.78 is 11.2. The number of fused-ring (bicyclic) bond motifs is 1. The van der Waals surface area contributed by atoms with Crippen LogP contribution in [0.5, 0.6) is 11.5 Å². The molecule has 2 aliphatic rings. The van der Waals surface area contributed by atoms with Crippen molar-refractivity contribution in [3.63, 3.8) is 0 Å². The zero-order valence-electron chi connectivity index (χ0n) is 10.7. The van der Waals surface area contributed by atoms with E-state index in [-0.39, 0.29) is 10.8 Å². The minimum Gasteiger partial charge on any atom is -0.486 e. The van der Waals surface area contributed by atoms with Gasteiger partial charge in [-0.15, -0.1) is 11.6 Å². The molecule has 0 radical (unpaired) electrons. The summed E-state index contributed by atoms with van der Waals surface area (Å²) in [4.78, 5) is 0. The van der Waals surface area contributed by atoms with Crippen LogP contribution in [0.1, 0.15) is 43.5 Å². The van der Waals surface area contributed by atoms with Crippen LogP contribution in [0.2, 0.25) is 0 Å². The molecule has 18 heavy (non-hydrogen) atoms. The summed E-state index contributed by atoms with van der Waals surface area (Å²) >= 11 is 6.70. The minimum atomic E-state index is 0.0656. The Morgan fingerprint density at radius 1 is 1.11 bits per heavy atom. The number of hydrogen-bond acceptors (Lipinski definition) is 2. The zero-order chi connectivity index (χ0) is 12.6. The van der Waals surface area contributed by atoms with Crippen molar-refractivity contribution < 1.29 is 9.47 Å². The highest BCUT2D eigenvalue weighted by Crippen LogP contribution is 2.51. The van der Waals surface area contributed by atoms with E-state index in [0.29, 0.717) is 13.2 Å². The topological polar surface area (TPSA) is 18.5 Å². The highest BCUT2D eigenvalue weighted by molar-refractivity contribution is 6.21. The van der Waals surface area contributed by atoms with Gasteiger partial charge in [-0.3, -0.25) is 0 Å². The fourth-order valence-electron chi connectivity index (χ4n) is 3.06. The summed E-state index contributed by atoms with van der Waals surface area (Å²) in [6, 6.07) is 6.11. The predicted molar refractivity (Wildman–Crippen MR) is 72.6 cm³/mol. The zero-order valence-corrected chi connectivity index (χ0v) is 11.5. The van der Waals surface area contributed by atoms with E-state index in [0.717, 1.165) is 17.1 Å². The molecule has 1 unspecified atom stereocenters. The minimum absolute atomic E-state index is 0.0656. The second kappa shape index (κ2) is 4.65. The predicted octanol–water partition coefficient (Wildman–Crippen LogP) is 4.32. The quantitative estimate of drug-likeness (QED) is 0.743. The molecule has 0 spiro atoms. The van der Waals surface area contributed by atoms with E-state index in [1.807, 2.05) is 6.07 Å². The van der Waals surface area contributed by atoms with Crippen molar-refractivity contribution in [3.05, 3.63) is 23.8 Å². The molecule has 3 rings (SSSR count). The van der Waals surface area contributed by atoms with Crippen LogP contribution in [0, 0.1) is 5.41 Å². The van der Waals surface area contributed by atoms with Gasteiger partial charge >= 0.3 is 0 Å². The molecule has 2 nitrogen and oxygen atoms in total. The summed E-state index contributed by atoms with van der Waals surface area (Å²) in [5, 5.41) is 0.0656. The van der Waals surface area contributed by atoms with E-state index in [1.54, 1.807) is 0 Å². The molecule has 0 N–H and O–H groups in total. The summed E-state index contributed by atoms with van der Waals surface area (Å²) in [6.45, 7) is 3.56. The lowest BCUT2D eigenvalue weighted by atomic mass is 9.81. The highest BCUT2D eigenvalue weighted by Gasteiger charge is 2.37. The van der Waals surface area contributed by atoms with E-state index in [4.69, 9.17) is 21.1 Å². The van der Waals surface area contributed by atoms with E-state index in [1.165, 1.54) is 25.7 Å². The van der Waals surface area contributed by atoms with Crippen molar-refractivity contribution in [1.82, 2.24) is 0 Å². The van der Waals surface area contributed by atoms with Gasteiger partial charge in [-0.2, -0.15) is 0 Å².